The van der Waals surface area contributed by atoms with Crippen LogP contribution in [0.5, 0.6) is 0 Å². The maximum atomic E-state index is 12.3. The second-order valence-electron chi connectivity index (χ2n) is 5.83. The van der Waals surface area contributed by atoms with Gasteiger partial charge in [0.2, 0.25) is 0 Å². The zero-order valence-corrected chi connectivity index (χ0v) is 12.2. The summed E-state index contributed by atoms with van der Waals surface area (Å²) in [7, 11) is -1.63. The Morgan fingerprint density at radius 2 is 1.88 bits per heavy atom. The molecule has 0 aromatic heterocycles. The number of hydrogen-bond donors (Lipinski definition) is 1. The summed E-state index contributed by atoms with van der Waals surface area (Å²) in [6.45, 7) is 9.49. The van der Waals surface area contributed by atoms with Crippen molar-refractivity contribution in [3.05, 3.63) is 0 Å². The molecule has 1 N–H and O–H groups in total. The van der Waals surface area contributed by atoms with Gasteiger partial charge in [0.05, 0.1) is 0 Å². The predicted octanol–water partition coefficient (Wildman–Crippen LogP) is 0.504. The van der Waals surface area contributed by atoms with Gasteiger partial charge >= 0.3 is 0 Å². The van der Waals surface area contributed by atoms with Crippen molar-refractivity contribution in [3.8, 4) is 0 Å². The van der Waals surface area contributed by atoms with Crippen LogP contribution < -0.4 is 5.32 Å². The molecule has 1 rings (SSSR count). The minimum atomic E-state index is -3.29. The molecule has 1 saturated heterocycles. The first-order chi connectivity index (χ1) is 7.73. The van der Waals surface area contributed by atoms with E-state index in [-0.39, 0.29) is 5.41 Å². The van der Waals surface area contributed by atoms with Crippen molar-refractivity contribution < 1.29 is 8.42 Å². The molecule has 102 valence electrons. The summed E-state index contributed by atoms with van der Waals surface area (Å²) in [5.74, 6) is 0. The van der Waals surface area contributed by atoms with Crippen LogP contribution in [0.25, 0.3) is 0 Å². The first-order valence-corrected chi connectivity index (χ1v) is 7.55. The molecule has 17 heavy (non-hydrogen) atoms. The van der Waals surface area contributed by atoms with Gasteiger partial charge in [-0.3, -0.25) is 0 Å². The first-order valence-electron chi connectivity index (χ1n) is 6.16. The number of hydrogen-bond acceptors (Lipinski definition) is 3. The summed E-state index contributed by atoms with van der Waals surface area (Å²) in [6.07, 6.45) is 0.878. The molecule has 5 nitrogen and oxygen atoms in total. The molecule has 0 radical (unpaired) electrons. The highest BCUT2D eigenvalue weighted by Crippen LogP contribution is 2.18. The van der Waals surface area contributed by atoms with Crippen LogP contribution in [0.4, 0.5) is 0 Å². The van der Waals surface area contributed by atoms with Gasteiger partial charge < -0.3 is 5.32 Å². The molecule has 0 aromatic carbocycles. The normalized spacial score (nSPS) is 20.5. The Balaban J connectivity index is 2.71. The van der Waals surface area contributed by atoms with Crippen LogP contribution in [0.1, 0.15) is 27.2 Å². The van der Waals surface area contributed by atoms with E-state index in [0.717, 1.165) is 19.5 Å². The van der Waals surface area contributed by atoms with E-state index in [2.05, 4.69) is 5.32 Å². The van der Waals surface area contributed by atoms with Gasteiger partial charge in [-0.25, -0.2) is 0 Å². The third-order valence-corrected chi connectivity index (χ3v) is 4.65. The van der Waals surface area contributed by atoms with Gasteiger partial charge in [-0.2, -0.15) is 17.0 Å². The fourth-order valence-electron chi connectivity index (χ4n) is 2.00. The van der Waals surface area contributed by atoms with Gasteiger partial charge in [0.1, 0.15) is 0 Å². The lowest BCUT2D eigenvalue weighted by Crippen LogP contribution is -2.45. The summed E-state index contributed by atoms with van der Waals surface area (Å²) in [5, 5.41) is 3.21. The zero-order valence-electron chi connectivity index (χ0n) is 11.4. The van der Waals surface area contributed by atoms with Crippen LogP contribution in [0.2, 0.25) is 0 Å². The van der Waals surface area contributed by atoms with E-state index in [9.17, 15) is 8.42 Å². The van der Waals surface area contributed by atoms with Crippen LogP contribution in [0, 0.1) is 5.41 Å². The molecule has 0 aliphatic carbocycles. The van der Waals surface area contributed by atoms with Crippen molar-refractivity contribution in [1.82, 2.24) is 13.9 Å². The van der Waals surface area contributed by atoms with Crippen molar-refractivity contribution in [3.63, 3.8) is 0 Å². The van der Waals surface area contributed by atoms with E-state index in [1.807, 2.05) is 20.8 Å². The monoisotopic (exact) mass is 263 g/mol. The van der Waals surface area contributed by atoms with Crippen LogP contribution in [-0.2, 0) is 10.2 Å². The van der Waals surface area contributed by atoms with E-state index in [4.69, 9.17) is 0 Å². The first kappa shape index (κ1) is 14.9. The highest BCUT2D eigenvalue weighted by Gasteiger charge is 2.29. The predicted molar refractivity (Wildman–Crippen MR) is 70.1 cm³/mol. The Bertz CT molecular complexity index is 327. The van der Waals surface area contributed by atoms with Crippen molar-refractivity contribution in [2.75, 3.05) is 39.8 Å². The lowest BCUT2D eigenvalue weighted by atomic mass is 9.97. The van der Waals surface area contributed by atoms with Crippen molar-refractivity contribution in [1.29, 1.82) is 0 Å². The average Bonchev–Trinajstić information content (AvgIpc) is 2.42. The molecule has 0 spiro atoms. The maximum absolute atomic E-state index is 12.3. The smallest absolute Gasteiger partial charge is 0.281 e. The van der Waals surface area contributed by atoms with Crippen molar-refractivity contribution >= 4 is 10.2 Å². The highest BCUT2D eigenvalue weighted by atomic mass is 32.2. The SMILES string of the molecule is CN(CC(C)(C)C)S(=O)(=O)N1CCCNCC1. The molecular formula is C11H25N3O2S. The molecule has 0 bridgehead atoms. The van der Waals surface area contributed by atoms with Gasteiger partial charge in [-0.1, -0.05) is 20.8 Å². The Hall–Kier alpha value is -0.170. The number of nitrogens with zero attached hydrogens (tertiary/aromatic N) is 2. The Kier molecular flexibility index (Phi) is 4.95. The molecule has 1 fully saturated rings. The lowest BCUT2D eigenvalue weighted by Gasteiger charge is -2.30. The molecule has 0 atom stereocenters. The molecule has 1 aliphatic heterocycles. The molecule has 0 aromatic rings. The highest BCUT2D eigenvalue weighted by molar-refractivity contribution is 7.86. The molecule has 1 heterocycles. The molecule has 0 amide bonds. The van der Waals surface area contributed by atoms with Gasteiger partial charge in [0.15, 0.2) is 0 Å². The third kappa shape index (κ3) is 4.54. The van der Waals surface area contributed by atoms with E-state index in [1.54, 1.807) is 11.4 Å². The molecule has 0 unspecified atom stereocenters. The summed E-state index contributed by atoms with van der Waals surface area (Å²) in [6, 6.07) is 0. The lowest BCUT2D eigenvalue weighted by molar-refractivity contribution is 0.288. The van der Waals surface area contributed by atoms with Crippen molar-refractivity contribution in [2.24, 2.45) is 5.41 Å². The van der Waals surface area contributed by atoms with Crippen LogP contribution in [-0.4, -0.2) is 56.8 Å². The molecule has 0 saturated carbocycles. The van der Waals surface area contributed by atoms with E-state index in [1.165, 1.54) is 4.31 Å². The summed E-state index contributed by atoms with van der Waals surface area (Å²) >= 11 is 0. The van der Waals surface area contributed by atoms with Gasteiger partial charge in [-0.15, -0.1) is 0 Å². The fraction of sp³-hybridized carbons (Fsp3) is 1.00. The summed E-state index contributed by atoms with van der Waals surface area (Å²) in [5.41, 5.74) is -0.0219. The minimum absolute atomic E-state index is 0.0219. The number of rotatable bonds is 3. The third-order valence-electron chi connectivity index (χ3n) is 2.72. The van der Waals surface area contributed by atoms with E-state index in [0.29, 0.717) is 19.6 Å². The standard InChI is InChI=1S/C11H25N3O2S/c1-11(2,3)10-13(4)17(15,16)14-8-5-6-12-7-9-14/h12H,5-10H2,1-4H3. The Morgan fingerprint density at radius 1 is 1.24 bits per heavy atom. The molecule has 1 aliphatic rings. The summed E-state index contributed by atoms with van der Waals surface area (Å²) < 4.78 is 27.7. The average molecular weight is 263 g/mol. The quantitative estimate of drug-likeness (QED) is 0.807. The van der Waals surface area contributed by atoms with Crippen LogP contribution >= 0.6 is 0 Å². The minimum Gasteiger partial charge on any atom is -0.315 e. The van der Waals surface area contributed by atoms with Crippen LogP contribution in [0.15, 0.2) is 0 Å². The fourth-order valence-corrected chi connectivity index (χ4v) is 3.62. The topological polar surface area (TPSA) is 52.7 Å². The van der Waals surface area contributed by atoms with Gasteiger partial charge in [0.25, 0.3) is 10.2 Å². The van der Waals surface area contributed by atoms with Gasteiger partial charge in [-0.05, 0) is 18.4 Å². The van der Waals surface area contributed by atoms with Crippen molar-refractivity contribution in [2.45, 2.75) is 27.2 Å². The Morgan fingerprint density at radius 3 is 2.47 bits per heavy atom. The second kappa shape index (κ2) is 5.65. The largest absolute Gasteiger partial charge is 0.315 e. The molecular weight excluding hydrogens is 238 g/mol. The maximum Gasteiger partial charge on any atom is 0.281 e. The second-order valence-corrected chi connectivity index (χ2v) is 7.86. The zero-order chi connectivity index (χ0) is 13.1. The van der Waals surface area contributed by atoms with E-state index >= 15 is 0 Å². The van der Waals surface area contributed by atoms with Gasteiger partial charge in [0, 0.05) is 33.2 Å². The van der Waals surface area contributed by atoms with E-state index < -0.39 is 10.2 Å². The summed E-state index contributed by atoms with van der Waals surface area (Å²) in [4.78, 5) is 0. The Labute approximate surface area is 105 Å². The number of nitrogens with one attached hydrogen (secondary N) is 1. The van der Waals surface area contributed by atoms with Crippen LogP contribution in [0.3, 0.4) is 0 Å². The molecule has 6 heteroatoms.